The van der Waals surface area contributed by atoms with Crippen LogP contribution < -0.4 is 0 Å². The standard InChI is InChI=1S/C30H24F2N6O/c31-23-10-6-21(7-11-23)29-35-30(22-8-12-24(32)13-9-22)38(36-29)18-27(39)37-16-14-25-26(15-17-37)33-19-34-28(25)20-4-2-1-3-5-20/h1-13,19H,14-18H2. The summed E-state index contributed by atoms with van der Waals surface area (Å²) in [5, 5.41) is 4.58. The van der Waals surface area contributed by atoms with Gasteiger partial charge in [-0.2, -0.15) is 0 Å². The second-order valence-corrected chi connectivity index (χ2v) is 9.32. The molecule has 6 rings (SSSR count). The summed E-state index contributed by atoms with van der Waals surface area (Å²) >= 11 is 0. The minimum atomic E-state index is -0.373. The second kappa shape index (κ2) is 10.5. The maximum absolute atomic E-state index is 13.6. The number of rotatable bonds is 5. The zero-order valence-electron chi connectivity index (χ0n) is 21.0. The molecule has 2 aromatic heterocycles. The third-order valence-electron chi connectivity index (χ3n) is 6.85. The molecule has 1 aliphatic rings. The Morgan fingerprint density at radius 2 is 1.44 bits per heavy atom. The van der Waals surface area contributed by atoms with Crippen LogP contribution in [0.1, 0.15) is 11.3 Å². The smallest absolute Gasteiger partial charge is 0.244 e. The number of carbonyl (C=O) groups is 1. The first-order chi connectivity index (χ1) is 19.0. The number of carbonyl (C=O) groups excluding carboxylic acids is 1. The molecule has 0 aliphatic carbocycles. The van der Waals surface area contributed by atoms with Crippen molar-refractivity contribution in [3.05, 3.63) is 108 Å². The molecular weight excluding hydrogens is 498 g/mol. The van der Waals surface area contributed by atoms with Gasteiger partial charge in [0.15, 0.2) is 11.6 Å². The fourth-order valence-electron chi connectivity index (χ4n) is 4.83. The minimum Gasteiger partial charge on any atom is -0.340 e. The van der Waals surface area contributed by atoms with Crippen molar-refractivity contribution in [2.24, 2.45) is 0 Å². The van der Waals surface area contributed by atoms with Crippen LogP contribution >= 0.6 is 0 Å². The lowest BCUT2D eigenvalue weighted by atomic mass is 10.0. The number of nitrogens with zero attached hydrogens (tertiary/aromatic N) is 6. The van der Waals surface area contributed by atoms with Gasteiger partial charge in [-0.25, -0.2) is 28.4 Å². The molecule has 0 N–H and O–H groups in total. The minimum absolute atomic E-state index is 0.0472. The van der Waals surface area contributed by atoms with Gasteiger partial charge in [0.05, 0.1) is 5.69 Å². The van der Waals surface area contributed by atoms with Crippen LogP contribution in [0.15, 0.2) is 85.2 Å². The summed E-state index contributed by atoms with van der Waals surface area (Å²) in [5.41, 5.74) is 5.17. The van der Waals surface area contributed by atoms with E-state index in [0.29, 0.717) is 48.7 Å². The van der Waals surface area contributed by atoms with E-state index in [1.54, 1.807) is 30.6 Å². The van der Waals surface area contributed by atoms with Gasteiger partial charge in [0.1, 0.15) is 24.5 Å². The maximum atomic E-state index is 13.6. The summed E-state index contributed by atoms with van der Waals surface area (Å²) in [6.07, 6.45) is 2.83. The second-order valence-electron chi connectivity index (χ2n) is 9.32. The first kappa shape index (κ1) is 24.5. The van der Waals surface area contributed by atoms with E-state index in [0.717, 1.165) is 22.5 Å². The van der Waals surface area contributed by atoms with Crippen LogP contribution in [0, 0.1) is 11.6 Å². The fraction of sp³-hybridized carbons (Fsp3) is 0.167. The molecular formula is C30H24F2N6O. The normalized spacial score (nSPS) is 13.1. The molecule has 5 aromatic rings. The van der Waals surface area contributed by atoms with Gasteiger partial charge in [-0.05, 0) is 55.0 Å². The highest BCUT2D eigenvalue weighted by Crippen LogP contribution is 2.27. The number of aromatic nitrogens is 5. The Labute approximate surface area is 223 Å². The van der Waals surface area contributed by atoms with Gasteiger partial charge in [-0.1, -0.05) is 30.3 Å². The summed E-state index contributed by atoms with van der Waals surface area (Å²) < 4.78 is 28.6. The number of benzene rings is 3. The summed E-state index contributed by atoms with van der Waals surface area (Å²) in [7, 11) is 0. The number of hydrogen-bond acceptors (Lipinski definition) is 5. The van der Waals surface area contributed by atoms with E-state index in [-0.39, 0.29) is 24.1 Å². The predicted molar refractivity (Wildman–Crippen MR) is 142 cm³/mol. The highest BCUT2D eigenvalue weighted by molar-refractivity contribution is 5.77. The first-order valence-electron chi connectivity index (χ1n) is 12.7. The van der Waals surface area contributed by atoms with Crippen molar-refractivity contribution in [3.63, 3.8) is 0 Å². The quantitative estimate of drug-likeness (QED) is 0.326. The van der Waals surface area contributed by atoms with Crippen LogP contribution in [-0.2, 0) is 24.2 Å². The third kappa shape index (κ3) is 5.16. The first-order valence-corrected chi connectivity index (χ1v) is 12.7. The maximum Gasteiger partial charge on any atom is 0.244 e. The van der Waals surface area contributed by atoms with Crippen LogP contribution in [0.25, 0.3) is 34.0 Å². The van der Waals surface area contributed by atoms with E-state index < -0.39 is 0 Å². The Hall–Kier alpha value is -4.79. The molecule has 194 valence electrons. The van der Waals surface area contributed by atoms with Crippen molar-refractivity contribution in [3.8, 4) is 34.0 Å². The van der Waals surface area contributed by atoms with E-state index >= 15 is 0 Å². The monoisotopic (exact) mass is 522 g/mol. The molecule has 0 unspecified atom stereocenters. The Morgan fingerprint density at radius 3 is 2.15 bits per heavy atom. The van der Waals surface area contributed by atoms with Crippen LogP contribution in [-0.4, -0.2) is 48.6 Å². The highest BCUT2D eigenvalue weighted by Gasteiger charge is 2.24. The van der Waals surface area contributed by atoms with Gasteiger partial charge in [-0.15, -0.1) is 5.10 Å². The molecule has 3 heterocycles. The molecule has 39 heavy (non-hydrogen) atoms. The van der Waals surface area contributed by atoms with Gasteiger partial charge in [0.2, 0.25) is 5.91 Å². The lowest BCUT2D eigenvalue weighted by Crippen LogP contribution is -2.36. The molecule has 0 saturated heterocycles. The molecule has 0 atom stereocenters. The van der Waals surface area contributed by atoms with E-state index in [4.69, 9.17) is 0 Å². The number of hydrogen-bond donors (Lipinski definition) is 0. The molecule has 9 heteroatoms. The molecule has 0 saturated carbocycles. The van der Waals surface area contributed by atoms with Crippen molar-refractivity contribution in [1.29, 1.82) is 0 Å². The van der Waals surface area contributed by atoms with Crippen molar-refractivity contribution < 1.29 is 13.6 Å². The number of amides is 1. The van der Waals surface area contributed by atoms with Crippen LogP contribution in [0.4, 0.5) is 8.78 Å². The van der Waals surface area contributed by atoms with E-state index in [1.807, 2.05) is 35.2 Å². The Bertz CT molecular complexity index is 1620. The number of halogens is 2. The zero-order valence-corrected chi connectivity index (χ0v) is 21.0. The Balaban J connectivity index is 1.26. The Morgan fingerprint density at radius 1 is 0.769 bits per heavy atom. The van der Waals surface area contributed by atoms with Crippen LogP contribution in [0.5, 0.6) is 0 Å². The summed E-state index contributed by atoms with van der Waals surface area (Å²) in [6, 6.07) is 21.7. The molecule has 0 fully saturated rings. The largest absolute Gasteiger partial charge is 0.340 e. The van der Waals surface area contributed by atoms with Crippen molar-refractivity contribution in [2.45, 2.75) is 19.4 Å². The van der Waals surface area contributed by atoms with Gasteiger partial charge in [0, 0.05) is 47.5 Å². The molecule has 0 radical (unpaired) electrons. The van der Waals surface area contributed by atoms with Gasteiger partial charge < -0.3 is 4.90 Å². The van der Waals surface area contributed by atoms with E-state index in [1.165, 1.54) is 28.9 Å². The van der Waals surface area contributed by atoms with Gasteiger partial charge in [0.25, 0.3) is 0 Å². The van der Waals surface area contributed by atoms with Gasteiger partial charge in [-0.3, -0.25) is 4.79 Å². The molecule has 3 aromatic carbocycles. The van der Waals surface area contributed by atoms with Gasteiger partial charge >= 0.3 is 0 Å². The van der Waals surface area contributed by atoms with Crippen LogP contribution in [0.3, 0.4) is 0 Å². The average molecular weight is 523 g/mol. The SMILES string of the molecule is O=C(Cn1nc(-c2ccc(F)cc2)nc1-c1ccc(F)cc1)N1CCc2ncnc(-c3ccccc3)c2CC1. The fourth-order valence-corrected chi connectivity index (χ4v) is 4.83. The van der Waals surface area contributed by atoms with Crippen molar-refractivity contribution >= 4 is 5.91 Å². The molecule has 1 aliphatic heterocycles. The van der Waals surface area contributed by atoms with Crippen molar-refractivity contribution in [2.75, 3.05) is 13.1 Å². The molecule has 0 spiro atoms. The van der Waals surface area contributed by atoms with Crippen molar-refractivity contribution in [1.82, 2.24) is 29.6 Å². The predicted octanol–water partition coefficient (Wildman–Crippen LogP) is 4.97. The van der Waals surface area contributed by atoms with E-state index in [2.05, 4.69) is 20.1 Å². The highest BCUT2D eigenvalue weighted by atomic mass is 19.1. The molecule has 7 nitrogen and oxygen atoms in total. The average Bonchev–Trinajstić information content (AvgIpc) is 3.24. The van der Waals surface area contributed by atoms with Crippen LogP contribution in [0.2, 0.25) is 0 Å². The molecule has 0 bridgehead atoms. The Kier molecular flexibility index (Phi) is 6.62. The zero-order chi connectivity index (χ0) is 26.8. The van der Waals surface area contributed by atoms with E-state index in [9.17, 15) is 13.6 Å². The summed E-state index contributed by atoms with van der Waals surface area (Å²) in [6.45, 7) is 0.987. The third-order valence-corrected chi connectivity index (χ3v) is 6.85. The lowest BCUT2D eigenvalue weighted by Gasteiger charge is -2.20. The topological polar surface area (TPSA) is 76.8 Å². The lowest BCUT2D eigenvalue weighted by molar-refractivity contribution is -0.131. The molecule has 1 amide bonds. The number of fused-ring (bicyclic) bond motifs is 1. The summed E-state index contributed by atoms with van der Waals surface area (Å²) in [4.78, 5) is 29.0. The summed E-state index contributed by atoms with van der Waals surface area (Å²) in [5.74, 6) is -0.0710.